The van der Waals surface area contributed by atoms with Crippen molar-refractivity contribution in [2.75, 3.05) is 5.32 Å². The molecule has 1 aliphatic rings. The molecule has 27 heavy (non-hydrogen) atoms. The van der Waals surface area contributed by atoms with E-state index in [-0.39, 0.29) is 17.7 Å². The van der Waals surface area contributed by atoms with Crippen molar-refractivity contribution >= 4 is 17.5 Å². The van der Waals surface area contributed by atoms with Crippen LogP contribution in [0.15, 0.2) is 48.7 Å². The highest BCUT2D eigenvalue weighted by molar-refractivity contribution is 5.96. The fourth-order valence-electron chi connectivity index (χ4n) is 2.70. The highest BCUT2D eigenvalue weighted by atomic mass is 16.5. The number of nitrogens with zero attached hydrogens (tertiary/aromatic N) is 1. The van der Waals surface area contributed by atoms with Crippen LogP contribution in [0.25, 0.3) is 0 Å². The second kappa shape index (κ2) is 9.83. The summed E-state index contributed by atoms with van der Waals surface area (Å²) in [6.07, 6.45) is 2.69. The highest BCUT2D eigenvalue weighted by Gasteiger charge is 2.28. The number of primary amides is 1. The molecule has 0 spiro atoms. The number of ether oxygens (including phenoxy) is 1. The number of hydrogen-bond acceptors (Lipinski definition) is 4. The molecule has 0 radical (unpaired) electrons. The van der Waals surface area contributed by atoms with Crippen molar-refractivity contribution in [1.82, 2.24) is 4.98 Å². The van der Waals surface area contributed by atoms with Gasteiger partial charge in [-0.15, -0.1) is 0 Å². The van der Waals surface area contributed by atoms with Crippen molar-refractivity contribution in [2.24, 2.45) is 5.73 Å². The molecule has 2 heterocycles. The Balaban J connectivity index is 0.000000244. The molecule has 2 unspecified atom stereocenters. The van der Waals surface area contributed by atoms with Gasteiger partial charge >= 0.3 is 0 Å². The normalized spacial score (nSPS) is 18.5. The molecule has 2 amide bonds. The van der Waals surface area contributed by atoms with Gasteiger partial charge in [0.25, 0.3) is 11.8 Å². The molecule has 0 saturated carbocycles. The Labute approximate surface area is 160 Å². The summed E-state index contributed by atoms with van der Waals surface area (Å²) < 4.78 is 5.45. The summed E-state index contributed by atoms with van der Waals surface area (Å²) in [6.45, 7) is 6.34. The van der Waals surface area contributed by atoms with Gasteiger partial charge in [0.05, 0.1) is 6.10 Å². The van der Waals surface area contributed by atoms with Gasteiger partial charge in [0.2, 0.25) is 0 Å². The quantitative estimate of drug-likeness (QED) is 0.862. The van der Waals surface area contributed by atoms with E-state index < -0.39 is 12.0 Å². The molecule has 6 nitrogen and oxygen atoms in total. The Bertz CT molecular complexity index is 762. The lowest BCUT2D eigenvalue weighted by Gasteiger charge is -2.11. The molecule has 2 atom stereocenters. The number of nitrogens with two attached hydrogens (primary N) is 1. The van der Waals surface area contributed by atoms with E-state index in [1.807, 2.05) is 13.0 Å². The molecule has 1 fully saturated rings. The number of carbonyl (C=O) groups is 2. The Hall–Kier alpha value is -2.73. The first-order chi connectivity index (χ1) is 12.9. The number of benzene rings is 1. The number of amides is 2. The Morgan fingerprint density at radius 3 is 2.41 bits per heavy atom. The zero-order chi connectivity index (χ0) is 19.8. The van der Waals surface area contributed by atoms with Gasteiger partial charge in [0.15, 0.2) is 0 Å². The predicted molar refractivity (Wildman–Crippen MR) is 105 cm³/mol. The second-order valence-electron chi connectivity index (χ2n) is 6.86. The molecular weight excluding hydrogens is 342 g/mol. The lowest BCUT2D eigenvalue weighted by molar-refractivity contribution is -0.126. The maximum Gasteiger partial charge on any atom is 0.267 e. The molecule has 2 aromatic rings. The Kier molecular flexibility index (Phi) is 7.49. The third kappa shape index (κ3) is 6.49. The molecule has 3 rings (SSSR count). The molecule has 1 aromatic carbocycles. The first kappa shape index (κ1) is 20.6. The molecule has 144 valence electrons. The van der Waals surface area contributed by atoms with Crippen molar-refractivity contribution in [2.45, 2.75) is 51.7 Å². The van der Waals surface area contributed by atoms with Crippen LogP contribution in [0, 0.1) is 0 Å². The third-order valence-corrected chi connectivity index (χ3v) is 4.27. The van der Waals surface area contributed by atoms with Crippen LogP contribution >= 0.6 is 0 Å². The predicted octanol–water partition coefficient (Wildman–Crippen LogP) is 3.50. The van der Waals surface area contributed by atoms with E-state index in [9.17, 15) is 9.59 Å². The summed E-state index contributed by atoms with van der Waals surface area (Å²) in [7, 11) is 0. The molecule has 0 bridgehead atoms. The number of aromatic nitrogens is 1. The first-order valence-electron chi connectivity index (χ1n) is 9.14. The number of rotatable bonds is 4. The summed E-state index contributed by atoms with van der Waals surface area (Å²) in [5.41, 5.74) is 7.14. The number of hydrogen-bond donors (Lipinski definition) is 2. The molecule has 6 heteroatoms. The molecule has 3 N–H and O–H groups in total. The lowest BCUT2D eigenvalue weighted by atomic mass is 10.0. The fourth-order valence-corrected chi connectivity index (χ4v) is 2.70. The van der Waals surface area contributed by atoms with Gasteiger partial charge in [-0.05, 0) is 43.4 Å². The monoisotopic (exact) mass is 369 g/mol. The average molecular weight is 369 g/mol. The van der Waals surface area contributed by atoms with E-state index in [0.717, 1.165) is 6.42 Å². The van der Waals surface area contributed by atoms with Crippen LogP contribution in [-0.2, 0) is 9.53 Å². The SMILES string of the molecule is CC(C)c1ccccc1.CC1CCC(C(=O)Nc2ccnc(C(N)=O)c2)O1. The third-order valence-electron chi connectivity index (χ3n) is 4.27. The van der Waals surface area contributed by atoms with Crippen molar-refractivity contribution in [1.29, 1.82) is 0 Å². The molecule has 1 saturated heterocycles. The topological polar surface area (TPSA) is 94.3 Å². The largest absolute Gasteiger partial charge is 0.365 e. The first-order valence-corrected chi connectivity index (χ1v) is 9.14. The van der Waals surface area contributed by atoms with Gasteiger partial charge in [0.1, 0.15) is 11.8 Å². The lowest BCUT2D eigenvalue weighted by Crippen LogP contribution is -2.28. The van der Waals surface area contributed by atoms with E-state index in [1.54, 1.807) is 6.07 Å². The minimum atomic E-state index is -0.628. The average Bonchev–Trinajstić information content (AvgIpc) is 3.10. The van der Waals surface area contributed by atoms with E-state index >= 15 is 0 Å². The Morgan fingerprint density at radius 1 is 1.19 bits per heavy atom. The second-order valence-corrected chi connectivity index (χ2v) is 6.86. The zero-order valence-electron chi connectivity index (χ0n) is 16.0. The highest BCUT2D eigenvalue weighted by Crippen LogP contribution is 2.20. The van der Waals surface area contributed by atoms with E-state index in [1.165, 1.54) is 17.8 Å². The number of nitrogens with one attached hydrogen (secondary N) is 1. The van der Waals surface area contributed by atoms with Gasteiger partial charge in [0, 0.05) is 11.9 Å². The van der Waals surface area contributed by atoms with Crippen LogP contribution in [0.2, 0.25) is 0 Å². The van der Waals surface area contributed by atoms with Crippen molar-refractivity contribution in [3.05, 3.63) is 59.9 Å². The standard InChI is InChI=1S/C12H15N3O3.C9H12/c1-7-2-3-10(18-7)12(17)15-8-4-5-14-9(6-8)11(13)16;1-8(2)9-6-4-3-5-7-9/h4-7,10H,2-3H2,1H3,(H2,13,16)(H,14,15,17);3-8H,1-2H3. The maximum absolute atomic E-state index is 11.9. The smallest absolute Gasteiger partial charge is 0.267 e. The van der Waals surface area contributed by atoms with Crippen molar-refractivity contribution in [3.63, 3.8) is 0 Å². The van der Waals surface area contributed by atoms with Crippen LogP contribution < -0.4 is 11.1 Å². The summed E-state index contributed by atoms with van der Waals surface area (Å²) in [5, 5.41) is 2.69. The maximum atomic E-state index is 11.9. The van der Waals surface area contributed by atoms with Crippen molar-refractivity contribution < 1.29 is 14.3 Å². The number of pyridine rings is 1. The van der Waals surface area contributed by atoms with Gasteiger partial charge in [-0.25, -0.2) is 0 Å². The summed E-state index contributed by atoms with van der Waals surface area (Å²) in [6, 6.07) is 13.6. The molecule has 1 aromatic heterocycles. The van der Waals surface area contributed by atoms with E-state index in [0.29, 0.717) is 18.0 Å². The van der Waals surface area contributed by atoms with Crippen LogP contribution in [-0.4, -0.2) is 29.0 Å². The molecule has 1 aliphatic heterocycles. The minimum Gasteiger partial charge on any atom is -0.365 e. The minimum absolute atomic E-state index is 0.111. The Morgan fingerprint density at radius 2 is 1.89 bits per heavy atom. The van der Waals surface area contributed by atoms with Gasteiger partial charge in [-0.1, -0.05) is 44.2 Å². The van der Waals surface area contributed by atoms with Crippen LogP contribution in [0.3, 0.4) is 0 Å². The number of carbonyl (C=O) groups excluding carboxylic acids is 2. The van der Waals surface area contributed by atoms with Crippen LogP contribution in [0.1, 0.15) is 55.6 Å². The fraction of sp³-hybridized carbons (Fsp3) is 0.381. The van der Waals surface area contributed by atoms with E-state index in [4.69, 9.17) is 10.5 Å². The van der Waals surface area contributed by atoms with Gasteiger partial charge in [-0.3, -0.25) is 14.6 Å². The van der Waals surface area contributed by atoms with Crippen LogP contribution in [0.5, 0.6) is 0 Å². The summed E-state index contributed by atoms with van der Waals surface area (Å²) in [4.78, 5) is 26.6. The molecule has 0 aliphatic carbocycles. The zero-order valence-corrected chi connectivity index (χ0v) is 16.0. The van der Waals surface area contributed by atoms with Gasteiger partial charge < -0.3 is 15.8 Å². The summed E-state index contributed by atoms with van der Waals surface area (Å²) >= 11 is 0. The van der Waals surface area contributed by atoms with Crippen LogP contribution in [0.4, 0.5) is 5.69 Å². The van der Waals surface area contributed by atoms with Gasteiger partial charge in [-0.2, -0.15) is 0 Å². The van der Waals surface area contributed by atoms with E-state index in [2.05, 4.69) is 48.4 Å². The summed E-state index contributed by atoms with van der Waals surface area (Å²) in [5.74, 6) is -0.177. The number of anilines is 1. The molecular formula is C21H27N3O3. The van der Waals surface area contributed by atoms with Crippen molar-refractivity contribution in [3.8, 4) is 0 Å².